The third-order valence-electron chi connectivity index (χ3n) is 2.84. The van der Waals surface area contributed by atoms with Gasteiger partial charge in [-0.05, 0) is 24.1 Å². The quantitative estimate of drug-likeness (QED) is 0.850. The smallest absolute Gasteiger partial charge is 0.145 e. The third-order valence-corrected chi connectivity index (χ3v) is 2.84. The van der Waals surface area contributed by atoms with Crippen LogP contribution < -0.4 is 10.6 Å². The molecule has 0 saturated carbocycles. The van der Waals surface area contributed by atoms with Crippen LogP contribution in [0.15, 0.2) is 24.3 Å². The van der Waals surface area contributed by atoms with E-state index in [1.807, 2.05) is 20.2 Å². The largest absolute Gasteiger partial charge is 0.382 e. The lowest BCUT2D eigenvalue weighted by Gasteiger charge is -2.17. The lowest BCUT2D eigenvalue weighted by molar-refractivity contribution is 1.08. The summed E-state index contributed by atoms with van der Waals surface area (Å²) in [5, 5.41) is 6.95. The second-order valence-corrected chi connectivity index (χ2v) is 4.31. The first-order chi connectivity index (χ1) is 8.11. The Morgan fingerprint density at radius 2 is 2.06 bits per heavy atom. The number of hydrogen-bond donors (Lipinski definition) is 2. The Bertz CT molecular complexity index is 514. The van der Waals surface area contributed by atoms with Crippen LogP contribution >= 0.6 is 0 Å². The maximum atomic E-state index is 5.66. The molecule has 0 aliphatic heterocycles. The van der Waals surface area contributed by atoms with Gasteiger partial charge in [0.25, 0.3) is 0 Å². The van der Waals surface area contributed by atoms with E-state index in [2.05, 4.69) is 40.2 Å². The van der Waals surface area contributed by atoms with Gasteiger partial charge >= 0.3 is 0 Å². The molecule has 1 heterocycles. The fraction of sp³-hybridized carbons (Fsp3) is 0.308. The summed E-state index contributed by atoms with van der Waals surface area (Å²) >= 11 is 0. The number of nitrogens with zero attached hydrogens (tertiary/aromatic N) is 2. The van der Waals surface area contributed by atoms with Gasteiger partial charge in [-0.1, -0.05) is 13.0 Å². The molecule has 0 radical (unpaired) electrons. The Hall–Kier alpha value is -1.97. The molecule has 2 rings (SSSR count). The van der Waals surface area contributed by atoms with Gasteiger partial charge in [0, 0.05) is 31.4 Å². The Morgan fingerprint density at radius 1 is 1.29 bits per heavy atom. The van der Waals surface area contributed by atoms with Crippen LogP contribution in [0.2, 0.25) is 0 Å². The van der Waals surface area contributed by atoms with Crippen molar-refractivity contribution in [2.45, 2.75) is 13.3 Å². The van der Waals surface area contributed by atoms with Gasteiger partial charge in [0.2, 0.25) is 0 Å². The number of benzene rings is 1. The number of aryl methyl sites for hydroxylation is 1. The number of nitrogen functional groups attached to an aromatic ring is 1. The number of nitrogens with one attached hydrogen (secondary N) is 1. The van der Waals surface area contributed by atoms with E-state index in [1.165, 1.54) is 5.56 Å². The van der Waals surface area contributed by atoms with Crippen molar-refractivity contribution in [1.29, 1.82) is 0 Å². The normalized spacial score (nSPS) is 10.5. The summed E-state index contributed by atoms with van der Waals surface area (Å²) in [4.78, 5) is 2.09. The van der Waals surface area contributed by atoms with E-state index in [0.717, 1.165) is 23.4 Å². The van der Waals surface area contributed by atoms with Crippen LogP contribution in [0, 0.1) is 0 Å². The number of aromatic amines is 1. The zero-order valence-electron chi connectivity index (χ0n) is 10.5. The molecule has 0 aliphatic carbocycles. The fourth-order valence-corrected chi connectivity index (χ4v) is 1.88. The highest BCUT2D eigenvalue weighted by Crippen LogP contribution is 2.30. The average molecular weight is 230 g/mol. The maximum Gasteiger partial charge on any atom is 0.145 e. The summed E-state index contributed by atoms with van der Waals surface area (Å²) in [6.45, 7) is 2.15. The molecule has 2 aromatic rings. The van der Waals surface area contributed by atoms with Crippen molar-refractivity contribution in [3.05, 3.63) is 29.8 Å². The molecule has 4 nitrogen and oxygen atoms in total. The molecule has 3 N–H and O–H groups in total. The molecule has 1 aromatic heterocycles. The van der Waals surface area contributed by atoms with Crippen LogP contribution in [0.4, 0.5) is 11.5 Å². The maximum absolute atomic E-state index is 5.66. The van der Waals surface area contributed by atoms with Crippen LogP contribution in [-0.2, 0) is 6.42 Å². The van der Waals surface area contributed by atoms with Gasteiger partial charge in [0.1, 0.15) is 5.82 Å². The number of aromatic nitrogens is 2. The number of hydrogen-bond acceptors (Lipinski definition) is 3. The third kappa shape index (κ3) is 2.25. The molecule has 1 aromatic carbocycles. The van der Waals surface area contributed by atoms with E-state index in [-0.39, 0.29) is 0 Å². The molecule has 90 valence electrons. The number of anilines is 2. The topological polar surface area (TPSA) is 57.9 Å². The van der Waals surface area contributed by atoms with Crippen LogP contribution in [0.1, 0.15) is 12.5 Å². The summed E-state index contributed by atoms with van der Waals surface area (Å²) in [5.41, 5.74) is 10.2. The zero-order valence-corrected chi connectivity index (χ0v) is 10.5. The highest BCUT2D eigenvalue weighted by atomic mass is 15.2. The highest BCUT2D eigenvalue weighted by molar-refractivity contribution is 5.77. The molecule has 4 heteroatoms. The van der Waals surface area contributed by atoms with Crippen molar-refractivity contribution in [3.8, 4) is 11.3 Å². The van der Waals surface area contributed by atoms with E-state index >= 15 is 0 Å². The van der Waals surface area contributed by atoms with Crippen LogP contribution in [0.5, 0.6) is 0 Å². The summed E-state index contributed by atoms with van der Waals surface area (Å²) in [5.74, 6) is 0.520. The standard InChI is InChI=1S/C13H18N4/c1-4-9-5-6-12(17(2)3)10(7-9)11-8-13(14)16-15-11/h5-8H,4H2,1-3H3,(H3,14,15,16). The van der Waals surface area contributed by atoms with Gasteiger partial charge in [-0.3, -0.25) is 5.10 Å². The van der Waals surface area contributed by atoms with E-state index < -0.39 is 0 Å². The van der Waals surface area contributed by atoms with Gasteiger partial charge in [-0.15, -0.1) is 0 Å². The van der Waals surface area contributed by atoms with Crippen LogP contribution in [0.3, 0.4) is 0 Å². The van der Waals surface area contributed by atoms with E-state index in [9.17, 15) is 0 Å². The number of H-pyrrole nitrogens is 1. The zero-order chi connectivity index (χ0) is 12.4. The van der Waals surface area contributed by atoms with Crippen LogP contribution in [-0.4, -0.2) is 24.3 Å². The Kier molecular flexibility index (Phi) is 3.04. The Labute approximate surface area is 101 Å². The van der Waals surface area contributed by atoms with E-state index in [1.54, 1.807) is 0 Å². The minimum absolute atomic E-state index is 0.520. The molecule has 0 saturated heterocycles. The van der Waals surface area contributed by atoms with Crippen molar-refractivity contribution in [3.63, 3.8) is 0 Å². The summed E-state index contributed by atoms with van der Waals surface area (Å²) in [6, 6.07) is 8.33. The molecule has 0 fully saturated rings. The van der Waals surface area contributed by atoms with Crippen molar-refractivity contribution >= 4 is 11.5 Å². The molecule has 0 amide bonds. The monoisotopic (exact) mass is 230 g/mol. The van der Waals surface area contributed by atoms with Crippen molar-refractivity contribution in [2.75, 3.05) is 24.7 Å². The minimum Gasteiger partial charge on any atom is -0.382 e. The number of nitrogens with two attached hydrogens (primary N) is 1. The van der Waals surface area contributed by atoms with Crippen molar-refractivity contribution < 1.29 is 0 Å². The van der Waals surface area contributed by atoms with Gasteiger partial charge in [-0.2, -0.15) is 5.10 Å². The van der Waals surface area contributed by atoms with Gasteiger partial charge in [0.05, 0.1) is 5.69 Å². The first-order valence-corrected chi connectivity index (χ1v) is 5.73. The first-order valence-electron chi connectivity index (χ1n) is 5.73. The van der Waals surface area contributed by atoms with E-state index in [0.29, 0.717) is 5.82 Å². The average Bonchev–Trinajstić information content (AvgIpc) is 2.75. The van der Waals surface area contributed by atoms with Crippen molar-refractivity contribution in [1.82, 2.24) is 10.2 Å². The first kappa shape index (κ1) is 11.5. The molecular weight excluding hydrogens is 212 g/mol. The Morgan fingerprint density at radius 3 is 2.59 bits per heavy atom. The Balaban J connectivity index is 2.56. The van der Waals surface area contributed by atoms with Gasteiger partial charge in [0.15, 0.2) is 0 Å². The van der Waals surface area contributed by atoms with Crippen molar-refractivity contribution in [2.24, 2.45) is 0 Å². The lowest BCUT2D eigenvalue weighted by Crippen LogP contribution is -2.10. The molecule has 0 atom stereocenters. The molecule has 0 spiro atoms. The second-order valence-electron chi connectivity index (χ2n) is 4.31. The molecule has 17 heavy (non-hydrogen) atoms. The molecule has 0 aliphatic rings. The molecule has 0 bridgehead atoms. The minimum atomic E-state index is 0.520. The SMILES string of the molecule is CCc1ccc(N(C)C)c(-c2cc(N)n[nH]2)c1. The second kappa shape index (κ2) is 4.49. The highest BCUT2D eigenvalue weighted by Gasteiger charge is 2.10. The van der Waals surface area contributed by atoms with E-state index in [4.69, 9.17) is 5.73 Å². The predicted octanol–water partition coefficient (Wildman–Crippen LogP) is 2.29. The molecular formula is C13H18N4. The summed E-state index contributed by atoms with van der Waals surface area (Å²) in [7, 11) is 4.06. The van der Waals surface area contributed by atoms with Gasteiger partial charge in [-0.25, -0.2) is 0 Å². The number of rotatable bonds is 3. The summed E-state index contributed by atoms with van der Waals surface area (Å²) in [6.07, 6.45) is 1.02. The molecule has 0 unspecified atom stereocenters. The predicted molar refractivity (Wildman–Crippen MR) is 72.1 cm³/mol. The fourth-order valence-electron chi connectivity index (χ4n) is 1.88. The van der Waals surface area contributed by atoms with Gasteiger partial charge < -0.3 is 10.6 Å². The summed E-state index contributed by atoms with van der Waals surface area (Å²) < 4.78 is 0. The van der Waals surface area contributed by atoms with Crippen LogP contribution in [0.25, 0.3) is 11.3 Å². The lowest BCUT2D eigenvalue weighted by atomic mass is 10.0.